The minimum absolute atomic E-state index is 1.29. The molecule has 10 aromatic carbocycles. The van der Waals surface area contributed by atoms with E-state index < -0.39 is 0 Å². The molecule has 0 spiro atoms. The Balaban J connectivity index is 1.14. The maximum atomic E-state index is 2.37. The summed E-state index contributed by atoms with van der Waals surface area (Å²) in [6, 6.07) is 55.1. The lowest BCUT2D eigenvalue weighted by Crippen LogP contribution is -1.89. The Bertz CT molecular complexity index is 2860. The molecular formula is C46H24. The van der Waals surface area contributed by atoms with Gasteiger partial charge in [0.05, 0.1) is 0 Å². The Morgan fingerprint density at radius 1 is 0.174 bits per heavy atom. The van der Waals surface area contributed by atoms with Gasteiger partial charge in [0.2, 0.25) is 0 Å². The van der Waals surface area contributed by atoms with Crippen LogP contribution in [0.25, 0.3) is 120 Å². The predicted molar refractivity (Wildman–Crippen MR) is 198 cm³/mol. The van der Waals surface area contributed by atoms with Gasteiger partial charge in [-0.3, -0.25) is 0 Å². The van der Waals surface area contributed by atoms with Gasteiger partial charge in [-0.15, -0.1) is 0 Å². The van der Waals surface area contributed by atoms with Crippen LogP contribution >= 0.6 is 0 Å². The molecule has 0 unspecified atom stereocenters. The highest BCUT2D eigenvalue weighted by molar-refractivity contribution is 6.36. The molecule has 0 nitrogen and oxygen atoms in total. The summed E-state index contributed by atoms with van der Waals surface area (Å²) in [6.45, 7) is 0. The van der Waals surface area contributed by atoms with E-state index in [1.165, 1.54) is 120 Å². The van der Waals surface area contributed by atoms with Gasteiger partial charge >= 0.3 is 0 Å². The van der Waals surface area contributed by atoms with Gasteiger partial charge in [-0.05, 0) is 120 Å². The van der Waals surface area contributed by atoms with E-state index in [2.05, 4.69) is 146 Å². The zero-order valence-electron chi connectivity index (χ0n) is 24.9. The first-order valence-electron chi connectivity index (χ1n) is 16.2. The molecular weight excluding hydrogens is 553 g/mol. The van der Waals surface area contributed by atoms with Crippen LogP contribution in [0.4, 0.5) is 0 Å². The average Bonchev–Trinajstić information content (AvgIpc) is 3.65. The first-order chi connectivity index (χ1) is 22.8. The van der Waals surface area contributed by atoms with E-state index in [-0.39, 0.29) is 0 Å². The third-order valence-corrected chi connectivity index (χ3v) is 11.1. The van der Waals surface area contributed by atoms with Crippen LogP contribution in [-0.4, -0.2) is 0 Å². The highest BCUT2D eigenvalue weighted by Crippen LogP contribution is 2.52. The molecule has 0 heterocycles. The molecule has 2 aliphatic carbocycles. The average molecular weight is 577 g/mol. The van der Waals surface area contributed by atoms with Crippen LogP contribution in [0.5, 0.6) is 0 Å². The molecule has 10 aromatic rings. The molecule has 2 aliphatic rings. The molecule has 0 N–H and O–H groups in total. The van der Waals surface area contributed by atoms with Gasteiger partial charge in [-0.1, -0.05) is 146 Å². The van der Waals surface area contributed by atoms with Gasteiger partial charge < -0.3 is 0 Å². The molecule has 0 bridgehead atoms. The van der Waals surface area contributed by atoms with E-state index in [1.54, 1.807) is 0 Å². The number of benzene rings is 10. The van der Waals surface area contributed by atoms with E-state index in [1.807, 2.05) is 0 Å². The standard InChI is InChI=1S/C46H24/c1-2-8-30-29(7-1)31(33-21-23-39-35-9-3-5-25-11-13-27-15-17-37(33)45(39)43(27)41(25)35)19-20-32(30)34-22-24-40-36-10-4-6-26-12-14-28-16-18-38(34)46(40)44(28)42(26)36/h1-24H. The number of hydrogen-bond acceptors (Lipinski definition) is 0. The highest BCUT2D eigenvalue weighted by Gasteiger charge is 2.24. The topological polar surface area (TPSA) is 0 Å². The fraction of sp³-hybridized carbons (Fsp3) is 0. The van der Waals surface area contributed by atoms with Crippen molar-refractivity contribution >= 4 is 75.4 Å². The number of rotatable bonds is 2. The third-order valence-electron chi connectivity index (χ3n) is 11.1. The molecule has 46 heavy (non-hydrogen) atoms. The van der Waals surface area contributed by atoms with Crippen LogP contribution in [0.1, 0.15) is 0 Å². The van der Waals surface area contributed by atoms with Crippen molar-refractivity contribution in [3.8, 4) is 44.5 Å². The Labute approximate surface area is 264 Å². The van der Waals surface area contributed by atoms with E-state index >= 15 is 0 Å². The Morgan fingerprint density at radius 3 is 0.978 bits per heavy atom. The summed E-state index contributed by atoms with van der Waals surface area (Å²) < 4.78 is 0. The summed E-state index contributed by atoms with van der Waals surface area (Å²) in [4.78, 5) is 0. The third kappa shape index (κ3) is 2.66. The molecule has 0 aromatic heterocycles. The van der Waals surface area contributed by atoms with Crippen molar-refractivity contribution in [1.82, 2.24) is 0 Å². The summed E-state index contributed by atoms with van der Waals surface area (Å²) in [5.74, 6) is 0. The lowest BCUT2D eigenvalue weighted by Gasteiger charge is -2.16. The molecule has 0 saturated carbocycles. The minimum Gasteiger partial charge on any atom is -0.0616 e. The predicted octanol–water partition coefficient (Wildman–Crippen LogP) is 13.1. The van der Waals surface area contributed by atoms with Crippen LogP contribution in [0.2, 0.25) is 0 Å². The maximum absolute atomic E-state index is 2.37. The summed E-state index contributed by atoms with van der Waals surface area (Å²) in [5.41, 5.74) is 10.6. The first kappa shape index (κ1) is 23.4. The summed E-state index contributed by atoms with van der Waals surface area (Å²) in [5, 5.41) is 19.0. The molecule has 208 valence electrons. The Kier molecular flexibility index (Phi) is 4.07. The van der Waals surface area contributed by atoms with E-state index in [0.29, 0.717) is 0 Å². The van der Waals surface area contributed by atoms with Crippen molar-refractivity contribution in [2.45, 2.75) is 0 Å². The van der Waals surface area contributed by atoms with Crippen molar-refractivity contribution < 1.29 is 0 Å². The van der Waals surface area contributed by atoms with Gasteiger partial charge in [0.25, 0.3) is 0 Å². The van der Waals surface area contributed by atoms with Crippen molar-refractivity contribution in [2.75, 3.05) is 0 Å². The lowest BCUT2D eigenvalue weighted by atomic mass is 9.87. The monoisotopic (exact) mass is 576 g/mol. The second-order valence-electron chi connectivity index (χ2n) is 13.1. The minimum atomic E-state index is 1.29. The second-order valence-corrected chi connectivity index (χ2v) is 13.1. The summed E-state index contributed by atoms with van der Waals surface area (Å²) >= 11 is 0. The SMILES string of the molecule is c1cc2c3c(c1)ccc1ccc4c(-c5ccc(-c6ccc7c8c6ccc6ccc9cccc-7c9c68)c6ccccc56)ccc-2c4c13. The smallest absolute Gasteiger partial charge is 0.00139 e. The van der Waals surface area contributed by atoms with Gasteiger partial charge in [-0.2, -0.15) is 0 Å². The molecule has 0 heteroatoms. The molecule has 0 fully saturated rings. The van der Waals surface area contributed by atoms with Crippen LogP contribution in [0, 0.1) is 0 Å². The van der Waals surface area contributed by atoms with Gasteiger partial charge in [0, 0.05) is 0 Å². The zero-order chi connectivity index (χ0) is 29.7. The first-order valence-corrected chi connectivity index (χ1v) is 16.2. The largest absolute Gasteiger partial charge is 0.0616 e. The van der Waals surface area contributed by atoms with Crippen molar-refractivity contribution in [3.05, 3.63) is 146 Å². The van der Waals surface area contributed by atoms with E-state index in [4.69, 9.17) is 0 Å². The number of hydrogen-bond donors (Lipinski definition) is 0. The van der Waals surface area contributed by atoms with Gasteiger partial charge in [-0.25, -0.2) is 0 Å². The molecule has 0 amide bonds. The molecule has 0 saturated heterocycles. The van der Waals surface area contributed by atoms with Crippen LogP contribution in [0.15, 0.2) is 146 Å². The zero-order valence-corrected chi connectivity index (χ0v) is 24.9. The lowest BCUT2D eigenvalue weighted by molar-refractivity contribution is 1.67. The molecule has 0 radical (unpaired) electrons. The highest BCUT2D eigenvalue weighted by atomic mass is 14.3. The fourth-order valence-electron chi connectivity index (χ4n) is 9.21. The fourth-order valence-corrected chi connectivity index (χ4v) is 9.21. The molecule has 0 aliphatic heterocycles. The van der Waals surface area contributed by atoms with Crippen molar-refractivity contribution in [2.24, 2.45) is 0 Å². The quantitative estimate of drug-likeness (QED) is 0.180. The van der Waals surface area contributed by atoms with E-state index in [9.17, 15) is 0 Å². The van der Waals surface area contributed by atoms with Gasteiger partial charge in [0.1, 0.15) is 0 Å². The summed E-state index contributed by atoms with van der Waals surface area (Å²) in [6.07, 6.45) is 0. The van der Waals surface area contributed by atoms with Crippen LogP contribution in [0.3, 0.4) is 0 Å². The van der Waals surface area contributed by atoms with Crippen molar-refractivity contribution in [3.63, 3.8) is 0 Å². The molecule has 12 rings (SSSR count). The van der Waals surface area contributed by atoms with Crippen LogP contribution < -0.4 is 0 Å². The maximum Gasteiger partial charge on any atom is -0.00139 e. The summed E-state index contributed by atoms with van der Waals surface area (Å²) in [7, 11) is 0. The van der Waals surface area contributed by atoms with Gasteiger partial charge in [0.15, 0.2) is 0 Å². The normalized spacial score (nSPS) is 12.8. The Hall–Kier alpha value is -5.98. The Morgan fingerprint density at radius 2 is 0.522 bits per heavy atom. The van der Waals surface area contributed by atoms with Crippen LogP contribution in [-0.2, 0) is 0 Å². The molecule has 0 atom stereocenters. The number of fused-ring (bicyclic) bond motifs is 3. The van der Waals surface area contributed by atoms with E-state index in [0.717, 1.165) is 0 Å². The van der Waals surface area contributed by atoms with Crippen molar-refractivity contribution in [1.29, 1.82) is 0 Å². The second kappa shape index (κ2) is 7.99.